The van der Waals surface area contributed by atoms with Gasteiger partial charge in [-0.25, -0.2) is 9.37 Å². The zero-order valence-electron chi connectivity index (χ0n) is 10.4. The van der Waals surface area contributed by atoms with Crippen LogP contribution in [0.2, 0.25) is 0 Å². The number of nitrogens with two attached hydrogens (primary N) is 1. The average molecular weight is 249 g/mol. The van der Waals surface area contributed by atoms with Gasteiger partial charge in [-0.3, -0.25) is 0 Å². The normalized spacial score (nSPS) is 12.4. The topological polar surface area (TPSA) is 53.1 Å². The molecular weight excluding hydrogens is 233 g/mol. The molecule has 1 aromatic carbocycles. The molecule has 0 amide bonds. The Morgan fingerprint density at radius 3 is 2.83 bits per heavy atom. The third kappa shape index (κ3) is 2.68. The number of halogens is 1. The molecular formula is C13H16FN3O. The van der Waals surface area contributed by atoms with Gasteiger partial charge in [0.25, 0.3) is 0 Å². The minimum atomic E-state index is -0.404. The van der Waals surface area contributed by atoms with E-state index in [1.807, 2.05) is 24.7 Å². The molecule has 0 saturated carbocycles. The van der Waals surface area contributed by atoms with Crippen LogP contribution in [0.3, 0.4) is 0 Å². The van der Waals surface area contributed by atoms with E-state index in [1.165, 1.54) is 6.07 Å². The fourth-order valence-electron chi connectivity index (χ4n) is 1.60. The van der Waals surface area contributed by atoms with Crippen molar-refractivity contribution in [1.29, 1.82) is 0 Å². The molecule has 1 heterocycles. The number of benzene rings is 1. The predicted molar refractivity (Wildman–Crippen MR) is 66.5 cm³/mol. The van der Waals surface area contributed by atoms with Gasteiger partial charge in [0.2, 0.25) is 0 Å². The van der Waals surface area contributed by atoms with E-state index in [-0.39, 0.29) is 18.4 Å². The van der Waals surface area contributed by atoms with Crippen molar-refractivity contribution in [3.8, 4) is 5.75 Å². The molecule has 1 atom stereocenters. The van der Waals surface area contributed by atoms with Crippen LogP contribution in [0.5, 0.6) is 5.75 Å². The largest absolute Gasteiger partial charge is 0.483 e. The number of imidazole rings is 1. The maximum Gasteiger partial charge on any atom is 0.165 e. The Morgan fingerprint density at radius 1 is 1.50 bits per heavy atom. The van der Waals surface area contributed by atoms with Crippen LogP contribution in [0.25, 0.3) is 0 Å². The SMILES string of the molecule is C[C@@H](N)c1ccc(OCc2nccn2C)c(F)c1. The molecule has 0 aliphatic carbocycles. The van der Waals surface area contributed by atoms with Crippen LogP contribution in [0, 0.1) is 5.82 Å². The predicted octanol–water partition coefficient (Wildman–Crippen LogP) is 2.16. The van der Waals surface area contributed by atoms with Crippen LogP contribution < -0.4 is 10.5 Å². The summed E-state index contributed by atoms with van der Waals surface area (Å²) in [6.07, 6.45) is 3.49. The third-order valence-corrected chi connectivity index (χ3v) is 2.76. The summed E-state index contributed by atoms with van der Waals surface area (Å²) in [4.78, 5) is 4.10. The van der Waals surface area contributed by atoms with Gasteiger partial charge in [0.15, 0.2) is 11.6 Å². The van der Waals surface area contributed by atoms with Crippen molar-refractivity contribution < 1.29 is 9.13 Å². The number of hydrogen-bond acceptors (Lipinski definition) is 3. The first-order valence-corrected chi connectivity index (χ1v) is 5.72. The molecule has 0 bridgehead atoms. The van der Waals surface area contributed by atoms with Crippen molar-refractivity contribution in [3.63, 3.8) is 0 Å². The number of aryl methyl sites for hydroxylation is 1. The summed E-state index contributed by atoms with van der Waals surface area (Å²) in [5, 5.41) is 0. The van der Waals surface area contributed by atoms with E-state index in [9.17, 15) is 4.39 Å². The summed E-state index contributed by atoms with van der Waals surface area (Å²) in [6, 6.07) is 4.57. The highest BCUT2D eigenvalue weighted by Gasteiger charge is 2.08. The smallest absolute Gasteiger partial charge is 0.165 e. The van der Waals surface area contributed by atoms with Crippen molar-refractivity contribution in [2.45, 2.75) is 19.6 Å². The third-order valence-electron chi connectivity index (χ3n) is 2.76. The number of aromatic nitrogens is 2. The molecule has 0 saturated heterocycles. The molecule has 5 heteroatoms. The summed E-state index contributed by atoms with van der Waals surface area (Å²) in [7, 11) is 1.86. The molecule has 0 unspecified atom stereocenters. The highest BCUT2D eigenvalue weighted by atomic mass is 19.1. The molecule has 0 radical (unpaired) electrons. The van der Waals surface area contributed by atoms with Crippen LogP contribution in [-0.4, -0.2) is 9.55 Å². The van der Waals surface area contributed by atoms with Gasteiger partial charge >= 0.3 is 0 Å². The Kier molecular flexibility index (Phi) is 3.62. The van der Waals surface area contributed by atoms with Crippen molar-refractivity contribution in [1.82, 2.24) is 9.55 Å². The quantitative estimate of drug-likeness (QED) is 0.903. The van der Waals surface area contributed by atoms with E-state index in [4.69, 9.17) is 10.5 Å². The van der Waals surface area contributed by atoms with Gasteiger partial charge in [-0.2, -0.15) is 0 Å². The zero-order chi connectivity index (χ0) is 13.1. The second-order valence-corrected chi connectivity index (χ2v) is 4.22. The molecule has 18 heavy (non-hydrogen) atoms. The van der Waals surface area contributed by atoms with E-state index >= 15 is 0 Å². The van der Waals surface area contributed by atoms with E-state index in [0.717, 1.165) is 11.4 Å². The Balaban J connectivity index is 2.08. The Morgan fingerprint density at radius 2 is 2.28 bits per heavy atom. The molecule has 96 valence electrons. The minimum Gasteiger partial charge on any atom is -0.483 e. The van der Waals surface area contributed by atoms with Crippen LogP contribution in [0.4, 0.5) is 4.39 Å². The summed E-state index contributed by atoms with van der Waals surface area (Å²) >= 11 is 0. The van der Waals surface area contributed by atoms with Crippen molar-refractivity contribution in [2.75, 3.05) is 0 Å². The lowest BCUT2D eigenvalue weighted by atomic mass is 10.1. The van der Waals surface area contributed by atoms with Crippen LogP contribution in [0.15, 0.2) is 30.6 Å². The second-order valence-electron chi connectivity index (χ2n) is 4.22. The highest BCUT2D eigenvalue weighted by Crippen LogP contribution is 2.21. The summed E-state index contributed by atoms with van der Waals surface area (Å²) in [5.74, 6) is 0.548. The van der Waals surface area contributed by atoms with Gasteiger partial charge in [-0.05, 0) is 24.6 Å². The molecule has 0 spiro atoms. The Labute approximate surface area is 105 Å². The Hall–Kier alpha value is -1.88. The summed E-state index contributed by atoms with van der Waals surface area (Å²) < 4.78 is 21.0. The number of ether oxygens (including phenoxy) is 1. The molecule has 0 fully saturated rings. The van der Waals surface area contributed by atoms with Gasteiger partial charge in [-0.1, -0.05) is 6.07 Å². The van der Waals surface area contributed by atoms with Crippen molar-refractivity contribution >= 4 is 0 Å². The standard InChI is InChI=1S/C13H16FN3O/c1-9(15)10-3-4-12(11(14)7-10)18-8-13-16-5-6-17(13)2/h3-7,9H,8,15H2,1-2H3/t9-/m1/s1. The van der Waals surface area contributed by atoms with E-state index < -0.39 is 5.82 Å². The van der Waals surface area contributed by atoms with Crippen LogP contribution in [-0.2, 0) is 13.7 Å². The number of hydrogen-bond donors (Lipinski definition) is 1. The van der Waals surface area contributed by atoms with Gasteiger partial charge in [0.05, 0.1) is 0 Å². The summed E-state index contributed by atoms with van der Waals surface area (Å²) in [5.41, 5.74) is 6.43. The first-order chi connectivity index (χ1) is 8.58. The zero-order valence-corrected chi connectivity index (χ0v) is 10.4. The second kappa shape index (κ2) is 5.18. The molecule has 2 N–H and O–H groups in total. The number of nitrogens with zero attached hydrogens (tertiary/aromatic N) is 2. The molecule has 0 aliphatic rings. The van der Waals surface area contributed by atoms with Gasteiger partial charge in [0.1, 0.15) is 12.4 Å². The maximum atomic E-state index is 13.7. The lowest BCUT2D eigenvalue weighted by Gasteiger charge is -2.10. The van der Waals surface area contributed by atoms with E-state index in [1.54, 1.807) is 18.3 Å². The fraction of sp³-hybridized carbons (Fsp3) is 0.308. The van der Waals surface area contributed by atoms with Gasteiger partial charge in [-0.15, -0.1) is 0 Å². The maximum absolute atomic E-state index is 13.7. The van der Waals surface area contributed by atoms with E-state index in [0.29, 0.717) is 0 Å². The molecule has 0 aliphatic heterocycles. The minimum absolute atomic E-state index is 0.192. The first kappa shape index (κ1) is 12.6. The van der Waals surface area contributed by atoms with Crippen LogP contribution in [0.1, 0.15) is 24.4 Å². The summed E-state index contributed by atoms with van der Waals surface area (Å²) in [6.45, 7) is 2.04. The lowest BCUT2D eigenvalue weighted by molar-refractivity contribution is 0.277. The highest BCUT2D eigenvalue weighted by molar-refractivity contribution is 5.30. The van der Waals surface area contributed by atoms with Crippen molar-refractivity contribution in [2.24, 2.45) is 12.8 Å². The first-order valence-electron chi connectivity index (χ1n) is 5.72. The van der Waals surface area contributed by atoms with Crippen molar-refractivity contribution in [3.05, 3.63) is 47.8 Å². The fourth-order valence-corrected chi connectivity index (χ4v) is 1.60. The monoisotopic (exact) mass is 249 g/mol. The molecule has 1 aromatic heterocycles. The number of rotatable bonds is 4. The van der Waals surface area contributed by atoms with Gasteiger partial charge < -0.3 is 15.0 Å². The Bertz CT molecular complexity index is 537. The average Bonchev–Trinajstić information content (AvgIpc) is 2.73. The van der Waals surface area contributed by atoms with E-state index in [2.05, 4.69) is 4.98 Å². The molecule has 2 aromatic rings. The van der Waals surface area contributed by atoms with Gasteiger partial charge in [0, 0.05) is 25.5 Å². The lowest BCUT2D eigenvalue weighted by Crippen LogP contribution is -2.07. The molecule has 4 nitrogen and oxygen atoms in total. The molecule has 2 rings (SSSR count). The van der Waals surface area contributed by atoms with Crippen LogP contribution >= 0.6 is 0 Å².